The van der Waals surface area contributed by atoms with Gasteiger partial charge in [0.15, 0.2) is 0 Å². The molecule has 24 heavy (non-hydrogen) atoms. The van der Waals surface area contributed by atoms with Gasteiger partial charge in [-0.25, -0.2) is 4.52 Å². The molecule has 1 atom stereocenters. The van der Waals surface area contributed by atoms with Crippen LogP contribution >= 0.6 is 22.3 Å². The third-order valence-corrected chi connectivity index (χ3v) is 13.0. The molecule has 0 aromatic heterocycles. The molecule has 1 unspecified atom stereocenters. The lowest BCUT2D eigenvalue weighted by atomic mass is 10.4. The quantitative estimate of drug-likeness (QED) is 0.253. The van der Waals surface area contributed by atoms with Crippen LogP contribution in [0.3, 0.4) is 0 Å². The first-order valence-corrected chi connectivity index (χ1v) is 15.3. The normalized spacial score (nSPS) is 24.8. The second kappa shape index (κ2) is 10.7. The van der Waals surface area contributed by atoms with Crippen LogP contribution in [0, 0.1) is 0 Å². The molecule has 0 fully saturated rings. The Morgan fingerprint density at radius 3 is 1.54 bits per heavy atom. The number of rotatable bonds is 12. The summed E-state index contributed by atoms with van der Waals surface area (Å²) in [6.45, 7) is 14.7. The van der Waals surface area contributed by atoms with E-state index in [0.717, 1.165) is 38.5 Å². The molecule has 1 aliphatic rings. The summed E-state index contributed by atoms with van der Waals surface area (Å²) in [5.41, 5.74) is 0. The number of nitrogens with zero attached hydrogens (tertiary/aromatic N) is 3. The molecule has 0 aromatic rings. The number of hydrogen-bond donors (Lipinski definition) is 0. The van der Waals surface area contributed by atoms with Crippen molar-refractivity contribution < 1.29 is 13.6 Å². The first-order chi connectivity index (χ1) is 11.3. The Balaban J connectivity index is 3.14. The van der Waals surface area contributed by atoms with Crippen molar-refractivity contribution in [2.24, 2.45) is 13.5 Å². The highest BCUT2D eigenvalue weighted by Gasteiger charge is 2.33. The van der Waals surface area contributed by atoms with E-state index in [1.807, 2.05) is 6.66 Å². The van der Waals surface area contributed by atoms with Crippen LogP contribution in [0.4, 0.5) is 0 Å². The van der Waals surface area contributed by atoms with Gasteiger partial charge in [0.25, 0.3) is 0 Å². The summed E-state index contributed by atoms with van der Waals surface area (Å²) in [7, 11) is -6.69. The minimum absolute atomic E-state index is 0.637. The third-order valence-electron chi connectivity index (χ3n) is 3.34. The van der Waals surface area contributed by atoms with Gasteiger partial charge >= 0.3 is 7.66 Å². The molecule has 9 heteroatoms. The molecule has 0 aliphatic carbocycles. The van der Waals surface area contributed by atoms with Gasteiger partial charge < -0.3 is 13.6 Å². The van der Waals surface area contributed by atoms with Gasteiger partial charge in [-0.15, -0.1) is 0 Å². The van der Waals surface area contributed by atoms with Crippen molar-refractivity contribution in [3.8, 4) is 0 Å². The summed E-state index contributed by atoms with van der Waals surface area (Å²) < 4.78 is 33.2. The summed E-state index contributed by atoms with van der Waals surface area (Å²) in [5.74, 6) is 0. The summed E-state index contributed by atoms with van der Waals surface area (Å²) in [4.78, 5) is 0. The third kappa shape index (κ3) is 7.85. The number of unbranched alkanes of at least 4 members (excludes halogenated alkanes) is 3. The van der Waals surface area contributed by atoms with E-state index in [4.69, 9.17) is 27.1 Å². The molecule has 1 aliphatic heterocycles. The van der Waals surface area contributed by atoms with Gasteiger partial charge in [0.2, 0.25) is 7.43 Å². The predicted octanol–water partition coefficient (Wildman–Crippen LogP) is 7.43. The average Bonchev–Trinajstić information content (AvgIpc) is 2.46. The van der Waals surface area contributed by atoms with Crippen molar-refractivity contribution in [3.05, 3.63) is 0 Å². The molecule has 0 amide bonds. The topological polar surface area (TPSA) is 64.8 Å². The minimum Gasteiger partial charge on any atom is -0.327 e. The average molecular weight is 399 g/mol. The van der Waals surface area contributed by atoms with Gasteiger partial charge in [-0.3, -0.25) is 0 Å². The Hall–Kier alpha value is 0.570. The van der Waals surface area contributed by atoms with Gasteiger partial charge in [-0.2, -0.15) is 9.03 Å². The zero-order valence-corrected chi connectivity index (χ0v) is 19.0. The van der Waals surface area contributed by atoms with Gasteiger partial charge in [-0.05, 0) is 32.6 Å². The molecule has 0 spiro atoms. The fourth-order valence-electron chi connectivity index (χ4n) is 2.18. The summed E-state index contributed by atoms with van der Waals surface area (Å²) in [6.07, 6.45) is 6.27. The molecular formula is C15H36N3O3P3. The minimum atomic E-state index is -2.61. The molecule has 0 radical (unpaired) electrons. The van der Waals surface area contributed by atoms with Crippen LogP contribution in [0.15, 0.2) is 13.5 Å². The van der Waals surface area contributed by atoms with Gasteiger partial charge in [0.05, 0.1) is 27.0 Å². The Labute approximate surface area is 149 Å². The molecule has 0 bridgehead atoms. The Kier molecular flexibility index (Phi) is 10.0. The largest absolute Gasteiger partial charge is 0.343 e. The van der Waals surface area contributed by atoms with Crippen LogP contribution in [0.25, 0.3) is 0 Å². The number of hydrogen-bond acceptors (Lipinski definition) is 6. The molecular weight excluding hydrogens is 363 g/mol. The smallest absolute Gasteiger partial charge is 0.327 e. The van der Waals surface area contributed by atoms with E-state index in [9.17, 15) is 0 Å². The molecule has 0 N–H and O–H groups in total. The van der Waals surface area contributed by atoms with Crippen LogP contribution in [0.2, 0.25) is 0 Å². The summed E-state index contributed by atoms with van der Waals surface area (Å²) >= 11 is 0. The Bertz CT molecular complexity index is 529. The monoisotopic (exact) mass is 399 g/mol. The van der Waals surface area contributed by atoms with E-state index >= 15 is 0 Å². The van der Waals surface area contributed by atoms with Crippen molar-refractivity contribution >= 4 is 22.3 Å². The van der Waals surface area contributed by atoms with Crippen LogP contribution < -0.4 is 0 Å². The molecule has 0 aromatic carbocycles. The maximum Gasteiger partial charge on any atom is 0.343 e. The molecule has 0 saturated heterocycles. The highest BCUT2D eigenvalue weighted by Crippen LogP contribution is 2.76. The van der Waals surface area contributed by atoms with E-state index in [1.54, 1.807) is 0 Å². The van der Waals surface area contributed by atoms with E-state index in [-0.39, 0.29) is 0 Å². The van der Waals surface area contributed by atoms with Crippen LogP contribution in [0.5, 0.6) is 0 Å². The zero-order valence-electron chi connectivity index (χ0n) is 16.3. The van der Waals surface area contributed by atoms with Crippen molar-refractivity contribution in [1.29, 1.82) is 0 Å². The van der Waals surface area contributed by atoms with Crippen molar-refractivity contribution in [2.45, 2.75) is 59.3 Å². The summed E-state index contributed by atoms with van der Waals surface area (Å²) in [6, 6.07) is 0. The van der Waals surface area contributed by atoms with E-state index < -0.39 is 22.3 Å². The van der Waals surface area contributed by atoms with E-state index in [0.29, 0.717) is 19.8 Å². The van der Waals surface area contributed by atoms with Gasteiger partial charge in [0, 0.05) is 6.66 Å². The van der Waals surface area contributed by atoms with Gasteiger partial charge in [0.1, 0.15) is 0 Å². The van der Waals surface area contributed by atoms with Crippen molar-refractivity contribution in [3.63, 3.8) is 0 Å². The maximum atomic E-state index is 6.17. The molecule has 144 valence electrons. The summed E-state index contributed by atoms with van der Waals surface area (Å²) in [5, 5.41) is 0. The van der Waals surface area contributed by atoms with Crippen LogP contribution in [0.1, 0.15) is 59.3 Å². The predicted molar refractivity (Wildman–Crippen MR) is 108 cm³/mol. The lowest BCUT2D eigenvalue weighted by Gasteiger charge is -2.31. The first kappa shape index (κ1) is 22.6. The Morgan fingerprint density at radius 1 is 0.625 bits per heavy atom. The first-order valence-electron chi connectivity index (χ1n) is 9.08. The zero-order chi connectivity index (χ0) is 18.1. The Morgan fingerprint density at radius 2 is 1.08 bits per heavy atom. The van der Waals surface area contributed by atoms with Crippen molar-refractivity contribution in [2.75, 3.05) is 39.8 Å². The fourth-order valence-corrected chi connectivity index (χ4v) is 13.2. The standard InChI is InChI=1S/C15H36N3O3P3/c1-7-10-13-19-23(6)16-22(4,5)17-24(18-23,20-14-11-8-2)21-15-12-9-3/h7-15H2,1-6H3. The second-order valence-corrected chi connectivity index (χ2v) is 14.7. The van der Waals surface area contributed by atoms with Crippen LogP contribution in [-0.4, -0.2) is 39.8 Å². The fraction of sp³-hybridized carbons (Fsp3) is 1.00. The highest BCUT2D eigenvalue weighted by atomic mass is 31.3. The lowest BCUT2D eigenvalue weighted by molar-refractivity contribution is 0.234. The molecule has 1 heterocycles. The van der Waals surface area contributed by atoms with E-state index in [2.05, 4.69) is 34.1 Å². The molecule has 6 nitrogen and oxygen atoms in total. The van der Waals surface area contributed by atoms with Crippen molar-refractivity contribution in [1.82, 2.24) is 0 Å². The lowest BCUT2D eigenvalue weighted by Crippen LogP contribution is -2.01. The molecule has 1 rings (SSSR count). The van der Waals surface area contributed by atoms with E-state index in [1.165, 1.54) is 0 Å². The maximum absolute atomic E-state index is 6.17. The highest BCUT2D eigenvalue weighted by molar-refractivity contribution is 7.82. The van der Waals surface area contributed by atoms with Crippen LogP contribution in [-0.2, 0) is 13.6 Å². The SMILES string of the molecule is CCCCOP1(C)=NP(OCCCC)(OCCCC)=NP(C)(C)=N1. The second-order valence-electron chi connectivity index (χ2n) is 6.49. The van der Waals surface area contributed by atoms with Gasteiger partial charge in [-0.1, -0.05) is 40.0 Å². The molecule has 0 saturated carbocycles.